The third-order valence-corrected chi connectivity index (χ3v) is 5.60. The number of para-hydroxylation sites is 2. The molecular weight excluding hydrogens is 342 g/mol. The number of fused-ring (bicyclic) bond motifs is 1. The van der Waals surface area contributed by atoms with Crippen molar-refractivity contribution in [2.24, 2.45) is 0 Å². The third-order valence-electron chi connectivity index (χ3n) is 5.60. The van der Waals surface area contributed by atoms with Crippen molar-refractivity contribution in [3.63, 3.8) is 0 Å². The number of nitrogens with zero attached hydrogens (tertiary/aromatic N) is 1. The molecule has 3 aromatic carbocycles. The van der Waals surface area contributed by atoms with Crippen LogP contribution in [0.3, 0.4) is 0 Å². The van der Waals surface area contributed by atoms with Gasteiger partial charge in [0.2, 0.25) is 0 Å². The number of rotatable bonds is 6. The van der Waals surface area contributed by atoms with E-state index in [4.69, 9.17) is 5.73 Å². The molecule has 0 aliphatic carbocycles. The minimum absolute atomic E-state index is 0.838. The molecule has 0 aromatic heterocycles. The van der Waals surface area contributed by atoms with Crippen molar-refractivity contribution < 1.29 is 0 Å². The molecule has 3 heteroatoms. The molecule has 4 rings (SSSR count). The number of anilines is 2. The first-order chi connectivity index (χ1) is 13.6. The van der Waals surface area contributed by atoms with E-state index in [0.29, 0.717) is 0 Å². The van der Waals surface area contributed by atoms with Crippen LogP contribution in [-0.2, 0) is 12.8 Å². The van der Waals surface area contributed by atoms with Crippen molar-refractivity contribution in [1.29, 1.82) is 0 Å². The summed E-state index contributed by atoms with van der Waals surface area (Å²) < 4.78 is 0. The normalized spacial score (nSPS) is 12.8. The maximum Gasteiger partial charge on any atom is 0.0453 e. The van der Waals surface area contributed by atoms with Gasteiger partial charge in [0.05, 0.1) is 0 Å². The van der Waals surface area contributed by atoms with Crippen molar-refractivity contribution in [2.75, 3.05) is 38.2 Å². The number of nitrogens with two attached hydrogens (primary N) is 1. The lowest BCUT2D eigenvalue weighted by Crippen LogP contribution is -2.14. The van der Waals surface area contributed by atoms with Crippen LogP contribution in [0.1, 0.15) is 17.5 Å². The van der Waals surface area contributed by atoms with E-state index in [1.54, 1.807) is 0 Å². The molecular formula is C25H29N3. The van der Waals surface area contributed by atoms with Crippen LogP contribution in [0.15, 0.2) is 60.7 Å². The monoisotopic (exact) mass is 371 g/mol. The van der Waals surface area contributed by atoms with Gasteiger partial charge in [0.1, 0.15) is 0 Å². The van der Waals surface area contributed by atoms with Gasteiger partial charge < -0.3 is 16.0 Å². The molecule has 3 N–H and O–H groups in total. The van der Waals surface area contributed by atoms with Gasteiger partial charge in [0.25, 0.3) is 0 Å². The highest BCUT2D eigenvalue weighted by Crippen LogP contribution is 2.40. The maximum atomic E-state index is 6.36. The van der Waals surface area contributed by atoms with Crippen molar-refractivity contribution in [3.05, 3.63) is 71.8 Å². The molecule has 1 heterocycles. The van der Waals surface area contributed by atoms with Crippen LogP contribution in [0.25, 0.3) is 22.3 Å². The van der Waals surface area contributed by atoms with Gasteiger partial charge in [-0.1, -0.05) is 54.6 Å². The minimum Gasteiger partial charge on any atom is -0.398 e. The van der Waals surface area contributed by atoms with E-state index < -0.39 is 0 Å². The number of nitrogens with one attached hydrogen (secondary N) is 1. The zero-order chi connectivity index (χ0) is 19.5. The van der Waals surface area contributed by atoms with Gasteiger partial charge in [-0.2, -0.15) is 0 Å². The Labute approximate surface area is 168 Å². The van der Waals surface area contributed by atoms with Crippen LogP contribution in [0, 0.1) is 0 Å². The smallest absolute Gasteiger partial charge is 0.0453 e. The zero-order valence-corrected chi connectivity index (χ0v) is 16.8. The molecule has 144 valence electrons. The topological polar surface area (TPSA) is 41.3 Å². The summed E-state index contributed by atoms with van der Waals surface area (Å²) in [5.74, 6) is 0. The summed E-state index contributed by atoms with van der Waals surface area (Å²) in [6, 6.07) is 21.5. The SMILES string of the molecule is CN(C)CCCc1c(-c2ccccc2N)cccc1-c1cccc2c1NCC2. The molecule has 0 fully saturated rings. The average Bonchev–Trinajstić information content (AvgIpc) is 3.17. The Balaban J connectivity index is 1.86. The largest absolute Gasteiger partial charge is 0.398 e. The molecule has 0 unspecified atom stereocenters. The Hall–Kier alpha value is -2.78. The molecule has 0 amide bonds. The Bertz CT molecular complexity index is 975. The molecule has 0 radical (unpaired) electrons. The lowest BCUT2D eigenvalue weighted by Gasteiger charge is -2.19. The zero-order valence-electron chi connectivity index (χ0n) is 16.8. The van der Waals surface area contributed by atoms with Crippen LogP contribution in [0.4, 0.5) is 11.4 Å². The quantitative estimate of drug-likeness (QED) is 0.595. The number of nitrogen functional groups attached to an aromatic ring is 1. The van der Waals surface area contributed by atoms with E-state index in [-0.39, 0.29) is 0 Å². The van der Waals surface area contributed by atoms with E-state index in [9.17, 15) is 0 Å². The summed E-state index contributed by atoms with van der Waals surface area (Å²) >= 11 is 0. The molecule has 0 saturated carbocycles. The van der Waals surface area contributed by atoms with Crippen LogP contribution in [0.2, 0.25) is 0 Å². The van der Waals surface area contributed by atoms with Gasteiger partial charge in [-0.15, -0.1) is 0 Å². The Kier molecular flexibility index (Phi) is 5.36. The molecule has 1 aliphatic heterocycles. The predicted molar refractivity (Wildman–Crippen MR) is 121 cm³/mol. The van der Waals surface area contributed by atoms with Crippen molar-refractivity contribution in [2.45, 2.75) is 19.3 Å². The van der Waals surface area contributed by atoms with Gasteiger partial charge in [0, 0.05) is 29.0 Å². The third kappa shape index (κ3) is 3.63. The summed E-state index contributed by atoms with van der Waals surface area (Å²) in [7, 11) is 4.27. The Morgan fingerprint density at radius 3 is 2.32 bits per heavy atom. The van der Waals surface area contributed by atoms with Crippen molar-refractivity contribution >= 4 is 11.4 Å². The molecule has 0 atom stereocenters. The van der Waals surface area contributed by atoms with Gasteiger partial charge >= 0.3 is 0 Å². The van der Waals surface area contributed by atoms with E-state index >= 15 is 0 Å². The number of benzene rings is 3. The molecule has 0 saturated heterocycles. The van der Waals surface area contributed by atoms with E-state index in [2.05, 4.69) is 72.8 Å². The second kappa shape index (κ2) is 8.07. The van der Waals surface area contributed by atoms with E-state index in [0.717, 1.165) is 43.6 Å². The Morgan fingerprint density at radius 1 is 0.857 bits per heavy atom. The minimum atomic E-state index is 0.838. The van der Waals surface area contributed by atoms with Crippen molar-refractivity contribution in [1.82, 2.24) is 4.90 Å². The van der Waals surface area contributed by atoms with Crippen LogP contribution >= 0.6 is 0 Å². The fourth-order valence-electron chi connectivity index (χ4n) is 4.24. The van der Waals surface area contributed by atoms with Crippen molar-refractivity contribution in [3.8, 4) is 22.3 Å². The maximum absolute atomic E-state index is 6.36. The predicted octanol–water partition coefficient (Wildman–Crippen LogP) is 5.07. The summed E-state index contributed by atoms with van der Waals surface area (Å²) in [6.07, 6.45) is 3.25. The molecule has 1 aliphatic rings. The summed E-state index contributed by atoms with van der Waals surface area (Å²) in [4.78, 5) is 2.25. The lowest BCUT2D eigenvalue weighted by molar-refractivity contribution is 0.400. The second-order valence-electron chi connectivity index (χ2n) is 7.84. The van der Waals surface area contributed by atoms with Crippen LogP contribution in [0.5, 0.6) is 0 Å². The van der Waals surface area contributed by atoms with Crippen LogP contribution < -0.4 is 11.1 Å². The molecule has 3 aromatic rings. The first-order valence-corrected chi connectivity index (χ1v) is 10.1. The van der Waals surface area contributed by atoms with Gasteiger partial charge in [0.15, 0.2) is 0 Å². The standard InChI is InChI=1S/C25H29N3/c1-28(2)17-7-13-19-20(22-9-3-4-14-24(22)26)10-6-11-21(19)23-12-5-8-18-15-16-27-25(18)23/h3-6,8-12,14,27H,7,13,15-17,26H2,1-2H3. The number of hydrogen-bond donors (Lipinski definition) is 2. The van der Waals surface area contributed by atoms with Gasteiger partial charge in [-0.3, -0.25) is 0 Å². The summed E-state index contributed by atoms with van der Waals surface area (Å²) in [5.41, 5.74) is 16.3. The fourth-order valence-corrected chi connectivity index (χ4v) is 4.24. The summed E-state index contributed by atoms with van der Waals surface area (Å²) in [5, 5.41) is 3.61. The fraction of sp³-hybridized carbons (Fsp3) is 0.280. The van der Waals surface area contributed by atoms with E-state index in [1.807, 2.05) is 12.1 Å². The summed E-state index contributed by atoms with van der Waals surface area (Å²) in [6.45, 7) is 2.09. The van der Waals surface area contributed by atoms with E-state index in [1.165, 1.54) is 33.5 Å². The number of hydrogen-bond acceptors (Lipinski definition) is 3. The molecule has 28 heavy (non-hydrogen) atoms. The first-order valence-electron chi connectivity index (χ1n) is 10.1. The highest BCUT2D eigenvalue weighted by molar-refractivity contribution is 5.89. The van der Waals surface area contributed by atoms with Gasteiger partial charge in [-0.05, 0) is 68.2 Å². The highest BCUT2D eigenvalue weighted by atomic mass is 15.0. The lowest BCUT2D eigenvalue weighted by atomic mass is 9.87. The molecule has 0 bridgehead atoms. The van der Waals surface area contributed by atoms with Crippen LogP contribution in [-0.4, -0.2) is 32.1 Å². The Morgan fingerprint density at radius 2 is 1.54 bits per heavy atom. The molecule has 3 nitrogen and oxygen atoms in total. The highest BCUT2D eigenvalue weighted by Gasteiger charge is 2.19. The first kappa shape index (κ1) is 18.6. The second-order valence-corrected chi connectivity index (χ2v) is 7.84. The average molecular weight is 372 g/mol. The van der Waals surface area contributed by atoms with Gasteiger partial charge in [-0.25, -0.2) is 0 Å². The molecule has 0 spiro atoms.